The van der Waals surface area contributed by atoms with Gasteiger partial charge >= 0.3 is 0 Å². The Hall–Kier alpha value is -2.56. The summed E-state index contributed by atoms with van der Waals surface area (Å²) in [6.07, 6.45) is 0. The normalized spacial score (nSPS) is 10.9. The lowest BCUT2D eigenvalue weighted by Gasteiger charge is -2.06. The summed E-state index contributed by atoms with van der Waals surface area (Å²) in [5.74, 6) is -1.20. The van der Waals surface area contributed by atoms with Gasteiger partial charge in [-0.05, 0) is 23.8 Å². The quantitative estimate of drug-likeness (QED) is 0.716. The van der Waals surface area contributed by atoms with E-state index < -0.39 is 11.6 Å². The van der Waals surface area contributed by atoms with E-state index in [2.05, 4.69) is 0 Å². The summed E-state index contributed by atoms with van der Waals surface area (Å²) in [4.78, 5) is 0. The molecule has 0 amide bonds. The van der Waals surface area contributed by atoms with Crippen LogP contribution in [0.3, 0.4) is 0 Å². The van der Waals surface area contributed by atoms with E-state index in [0.717, 1.165) is 0 Å². The lowest BCUT2D eigenvalue weighted by Crippen LogP contribution is -1.91. The summed E-state index contributed by atoms with van der Waals surface area (Å²) in [5, 5.41) is 0.441. The van der Waals surface area contributed by atoms with Gasteiger partial charge in [0, 0.05) is 17.0 Å². The number of hydrogen-bond donors (Lipinski definition) is 0. The van der Waals surface area contributed by atoms with E-state index in [1.165, 1.54) is 19.2 Å². The maximum Gasteiger partial charge on any atom is 0.285 e. The highest BCUT2D eigenvalue weighted by Crippen LogP contribution is 2.34. The van der Waals surface area contributed by atoms with Crippen LogP contribution in [-0.4, -0.2) is 14.2 Å². The van der Waals surface area contributed by atoms with Crippen LogP contribution in [-0.2, 0) is 0 Å². The lowest BCUT2D eigenvalue weighted by molar-refractivity contribution is 0.312. The SMILES string of the molecule is COc1ccc(-c2cc3cc(OC)oc3c(F)c2F)cc1. The molecule has 0 saturated carbocycles. The highest BCUT2D eigenvalue weighted by atomic mass is 19.2. The first kappa shape index (κ1) is 13.4. The van der Waals surface area contributed by atoms with Gasteiger partial charge in [-0.3, -0.25) is 0 Å². The minimum Gasteiger partial charge on any atom is -0.497 e. The minimum atomic E-state index is -1.03. The molecule has 0 saturated heterocycles. The molecule has 0 N–H and O–H groups in total. The number of benzene rings is 2. The van der Waals surface area contributed by atoms with Crippen molar-refractivity contribution in [3.05, 3.63) is 48.0 Å². The van der Waals surface area contributed by atoms with Crippen LogP contribution in [0.2, 0.25) is 0 Å². The molecule has 0 unspecified atom stereocenters. The van der Waals surface area contributed by atoms with Crippen molar-refractivity contribution in [3.8, 4) is 22.8 Å². The number of ether oxygens (including phenoxy) is 2. The molecule has 5 heteroatoms. The third-order valence-electron chi connectivity index (χ3n) is 3.27. The van der Waals surface area contributed by atoms with Gasteiger partial charge in [0.05, 0.1) is 14.2 Å². The van der Waals surface area contributed by atoms with Gasteiger partial charge in [0.2, 0.25) is 5.82 Å². The molecule has 3 aromatic rings. The number of methoxy groups -OCH3 is 2. The topological polar surface area (TPSA) is 31.6 Å². The Balaban J connectivity index is 2.19. The molecule has 2 aromatic carbocycles. The molecule has 1 aromatic heterocycles. The minimum absolute atomic E-state index is 0.134. The molecule has 108 valence electrons. The predicted molar refractivity (Wildman–Crippen MR) is 74.7 cm³/mol. The standard InChI is InChI=1S/C16H12F2O3/c1-19-11-5-3-9(4-6-11)12-7-10-8-13(20-2)21-16(10)15(18)14(12)17/h3-8H,1-2H3. The lowest BCUT2D eigenvalue weighted by atomic mass is 10.0. The summed E-state index contributed by atoms with van der Waals surface area (Å²) in [7, 11) is 2.94. The van der Waals surface area contributed by atoms with E-state index in [-0.39, 0.29) is 17.1 Å². The van der Waals surface area contributed by atoms with Gasteiger partial charge in [0.25, 0.3) is 5.95 Å². The Kier molecular flexibility index (Phi) is 3.25. The second-order valence-corrected chi connectivity index (χ2v) is 4.47. The van der Waals surface area contributed by atoms with Gasteiger partial charge < -0.3 is 13.9 Å². The second kappa shape index (κ2) is 5.09. The summed E-state index contributed by atoms with van der Waals surface area (Å²) in [6, 6.07) is 9.76. The van der Waals surface area contributed by atoms with Gasteiger partial charge in [-0.15, -0.1) is 0 Å². The van der Waals surface area contributed by atoms with Crippen LogP contribution in [0.1, 0.15) is 0 Å². The first-order valence-electron chi connectivity index (χ1n) is 6.24. The average molecular weight is 290 g/mol. The predicted octanol–water partition coefficient (Wildman–Crippen LogP) is 4.40. The Morgan fingerprint density at radius 2 is 1.62 bits per heavy atom. The van der Waals surface area contributed by atoms with E-state index in [0.29, 0.717) is 16.7 Å². The average Bonchev–Trinajstić information content (AvgIpc) is 2.94. The molecule has 0 spiro atoms. The molecular formula is C16H12F2O3. The maximum absolute atomic E-state index is 14.2. The van der Waals surface area contributed by atoms with Crippen molar-refractivity contribution in [2.24, 2.45) is 0 Å². The zero-order valence-electron chi connectivity index (χ0n) is 11.4. The van der Waals surface area contributed by atoms with Crippen LogP contribution in [0.15, 0.2) is 40.8 Å². The molecule has 0 radical (unpaired) electrons. The van der Waals surface area contributed by atoms with E-state index in [9.17, 15) is 8.78 Å². The number of hydrogen-bond acceptors (Lipinski definition) is 3. The van der Waals surface area contributed by atoms with Gasteiger partial charge in [-0.2, -0.15) is 4.39 Å². The van der Waals surface area contributed by atoms with Gasteiger partial charge in [0.1, 0.15) is 5.75 Å². The Labute approximate surface area is 119 Å². The third kappa shape index (κ3) is 2.20. The van der Waals surface area contributed by atoms with Crippen LogP contribution < -0.4 is 9.47 Å². The molecule has 3 rings (SSSR count). The van der Waals surface area contributed by atoms with Crippen molar-refractivity contribution in [1.29, 1.82) is 0 Å². The molecule has 0 aliphatic rings. The largest absolute Gasteiger partial charge is 0.497 e. The molecule has 3 nitrogen and oxygen atoms in total. The Bertz CT molecular complexity index is 791. The second-order valence-electron chi connectivity index (χ2n) is 4.47. The molecule has 0 aliphatic carbocycles. The van der Waals surface area contributed by atoms with Crippen molar-refractivity contribution >= 4 is 11.0 Å². The summed E-state index contributed by atoms with van der Waals surface area (Å²) in [6.45, 7) is 0. The fourth-order valence-electron chi connectivity index (χ4n) is 2.18. The molecule has 0 aliphatic heterocycles. The molecule has 1 heterocycles. The number of rotatable bonds is 3. The first-order valence-corrected chi connectivity index (χ1v) is 6.24. The van der Waals surface area contributed by atoms with E-state index >= 15 is 0 Å². The van der Waals surface area contributed by atoms with Gasteiger partial charge in [-0.1, -0.05) is 12.1 Å². The van der Waals surface area contributed by atoms with Crippen LogP contribution >= 0.6 is 0 Å². The Morgan fingerprint density at radius 1 is 0.905 bits per heavy atom. The van der Waals surface area contributed by atoms with Crippen molar-refractivity contribution in [1.82, 2.24) is 0 Å². The first-order chi connectivity index (χ1) is 10.1. The Morgan fingerprint density at radius 3 is 2.24 bits per heavy atom. The molecule has 21 heavy (non-hydrogen) atoms. The maximum atomic E-state index is 14.2. The number of furan rings is 1. The summed E-state index contributed by atoms with van der Waals surface area (Å²) >= 11 is 0. The van der Waals surface area contributed by atoms with Crippen molar-refractivity contribution in [3.63, 3.8) is 0 Å². The zero-order valence-corrected chi connectivity index (χ0v) is 11.4. The van der Waals surface area contributed by atoms with Crippen molar-refractivity contribution in [2.45, 2.75) is 0 Å². The number of halogens is 2. The van der Waals surface area contributed by atoms with Crippen LogP contribution in [0.5, 0.6) is 11.7 Å². The summed E-state index contributed by atoms with van der Waals surface area (Å²) in [5.41, 5.74) is 0.557. The molecule has 0 fully saturated rings. The fraction of sp³-hybridized carbons (Fsp3) is 0.125. The van der Waals surface area contributed by atoms with E-state index in [1.807, 2.05) is 0 Å². The molecular weight excluding hydrogens is 278 g/mol. The van der Waals surface area contributed by atoms with Gasteiger partial charge in [0.15, 0.2) is 11.4 Å². The third-order valence-corrected chi connectivity index (χ3v) is 3.27. The zero-order chi connectivity index (χ0) is 15.0. The fourth-order valence-corrected chi connectivity index (χ4v) is 2.18. The van der Waals surface area contributed by atoms with Crippen molar-refractivity contribution < 1.29 is 22.7 Å². The highest BCUT2D eigenvalue weighted by molar-refractivity contribution is 5.85. The van der Waals surface area contributed by atoms with Crippen LogP contribution in [0.4, 0.5) is 8.78 Å². The highest BCUT2D eigenvalue weighted by Gasteiger charge is 2.19. The smallest absolute Gasteiger partial charge is 0.285 e. The summed E-state index contributed by atoms with van der Waals surface area (Å²) < 4.78 is 43.3. The van der Waals surface area contributed by atoms with E-state index in [4.69, 9.17) is 13.9 Å². The van der Waals surface area contributed by atoms with Crippen molar-refractivity contribution in [2.75, 3.05) is 14.2 Å². The van der Waals surface area contributed by atoms with Crippen LogP contribution in [0, 0.1) is 11.6 Å². The molecule has 0 bridgehead atoms. The van der Waals surface area contributed by atoms with E-state index in [1.54, 1.807) is 31.4 Å². The molecule has 0 atom stereocenters. The number of fused-ring (bicyclic) bond motifs is 1. The monoisotopic (exact) mass is 290 g/mol. The van der Waals surface area contributed by atoms with Gasteiger partial charge in [-0.25, -0.2) is 4.39 Å². The van der Waals surface area contributed by atoms with Crippen LogP contribution in [0.25, 0.3) is 22.1 Å².